The van der Waals surface area contributed by atoms with Crippen molar-refractivity contribution in [1.29, 1.82) is 0 Å². The molecule has 2 heterocycles. The molecule has 0 saturated heterocycles. The van der Waals surface area contributed by atoms with Crippen molar-refractivity contribution in [3.8, 4) is 11.1 Å². The van der Waals surface area contributed by atoms with Gasteiger partial charge in [-0.1, -0.05) is 198 Å². The zero-order valence-electron chi connectivity index (χ0n) is 53.9. The molecule has 5 aliphatic rings. The highest BCUT2D eigenvalue weighted by atomic mass is 15.2. The molecule has 8 aromatic carbocycles. The van der Waals surface area contributed by atoms with Crippen LogP contribution in [0.2, 0.25) is 0 Å². The molecule has 4 heteroatoms. The van der Waals surface area contributed by atoms with Crippen molar-refractivity contribution < 1.29 is 0 Å². The van der Waals surface area contributed by atoms with Crippen molar-refractivity contribution in [3.63, 3.8) is 0 Å². The number of rotatable bonds is 5. The van der Waals surface area contributed by atoms with E-state index >= 15 is 0 Å². The molecular weight excluding hydrogens is 1000 g/mol. The van der Waals surface area contributed by atoms with Crippen LogP contribution in [0.4, 0.5) is 51.2 Å². The molecular formula is C79H90BN3. The lowest BCUT2D eigenvalue weighted by Crippen LogP contribution is -2.61. The summed E-state index contributed by atoms with van der Waals surface area (Å²) in [5.74, 6) is 0. The van der Waals surface area contributed by atoms with E-state index in [1.165, 1.54) is 130 Å². The maximum absolute atomic E-state index is 2.71. The zero-order valence-corrected chi connectivity index (χ0v) is 53.9. The third-order valence-corrected chi connectivity index (χ3v) is 20.7. The van der Waals surface area contributed by atoms with E-state index in [1.54, 1.807) is 0 Å². The van der Waals surface area contributed by atoms with Crippen LogP contribution in [0.1, 0.15) is 206 Å². The van der Waals surface area contributed by atoms with Crippen LogP contribution in [0, 0.1) is 6.92 Å². The largest absolute Gasteiger partial charge is 0.311 e. The Morgan fingerprint density at radius 2 is 0.928 bits per heavy atom. The van der Waals surface area contributed by atoms with Crippen molar-refractivity contribution in [2.45, 2.75) is 201 Å². The Morgan fingerprint density at radius 3 is 1.51 bits per heavy atom. The number of anilines is 9. The first-order chi connectivity index (χ1) is 38.7. The second-order valence-corrected chi connectivity index (χ2v) is 32.2. The second kappa shape index (κ2) is 17.9. The van der Waals surface area contributed by atoms with Crippen molar-refractivity contribution in [2.75, 3.05) is 14.7 Å². The second-order valence-electron chi connectivity index (χ2n) is 32.2. The van der Waals surface area contributed by atoms with Crippen molar-refractivity contribution >= 4 is 74.3 Å². The van der Waals surface area contributed by atoms with E-state index in [0.29, 0.717) is 0 Å². The number of hydrogen-bond acceptors (Lipinski definition) is 3. The van der Waals surface area contributed by atoms with Gasteiger partial charge in [-0.3, -0.25) is 0 Å². The monoisotopic (exact) mass is 1090 g/mol. The predicted octanol–water partition coefficient (Wildman–Crippen LogP) is 20.1. The highest BCUT2D eigenvalue weighted by Gasteiger charge is 2.50. The van der Waals surface area contributed by atoms with Gasteiger partial charge in [0.25, 0.3) is 6.71 Å². The summed E-state index contributed by atoms with van der Waals surface area (Å²) in [5.41, 5.74) is 31.8. The smallest absolute Gasteiger partial charge is 0.252 e. The van der Waals surface area contributed by atoms with Gasteiger partial charge in [0.1, 0.15) is 0 Å². The minimum absolute atomic E-state index is 0.00725. The van der Waals surface area contributed by atoms with Crippen LogP contribution in [0.5, 0.6) is 0 Å². The average Bonchev–Trinajstić information content (AvgIpc) is 1.91. The SMILES string of the molecule is Cc1cc2c3c(c1)N(c1ccc4c(c1)C(C)(C)CCC4(C)C)c1cc4c(cc1B3c1ccc(N(c3ccc(C(C)(C)C)cc3)c3ccc(C(C)(C)C)cc3)cc1N2c1cc2c(c(C(C)(C)C)c1)C(C)(C)c1ccccc1-2)C(C)(C)CC4(C)C. The molecule has 0 amide bonds. The number of aryl methyl sites for hydroxylation is 1. The molecule has 0 aromatic heterocycles. The first kappa shape index (κ1) is 55.4. The molecule has 13 rings (SSSR count). The van der Waals surface area contributed by atoms with Crippen molar-refractivity contribution in [3.05, 3.63) is 201 Å². The van der Waals surface area contributed by atoms with Gasteiger partial charge < -0.3 is 14.7 Å². The molecule has 3 aliphatic carbocycles. The molecule has 0 atom stereocenters. The lowest BCUT2D eigenvalue weighted by Gasteiger charge is -2.46. The van der Waals surface area contributed by atoms with E-state index in [-0.39, 0.29) is 50.0 Å². The van der Waals surface area contributed by atoms with Gasteiger partial charge in [0.05, 0.1) is 0 Å². The number of nitrogens with zero attached hydrogens (tertiary/aromatic N) is 3. The predicted molar refractivity (Wildman–Crippen MR) is 360 cm³/mol. The summed E-state index contributed by atoms with van der Waals surface area (Å²) in [4.78, 5) is 7.92. The Kier molecular flexibility index (Phi) is 11.9. The standard InChI is InChI=1S/C79H90BN3/c1-48-39-68-71-69(40-48)83(55-41-57-56-23-21-22-24-58(56)79(19,20)70(57)63(43-55)74(8,9)10)66-44-54(81(51-29-25-49(26-30-51)72(2,3)4)52-31-27-50(28-32-52)73(5,6)7)34-36-64(66)80(71)65-45-61-62(78(17,18)47-77(61,15)16)46-67(65)82(68)53-33-35-59-60(42-53)76(13,14)38-37-75(59,11)12/h21-36,39-46H,37-38,47H2,1-20H3. The zero-order chi connectivity index (χ0) is 59.3. The maximum Gasteiger partial charge on any atom is 0.252 e. The summed E-state index contributed by atoms with van der Waals surface area (Å²) < 4.78 is 0. The Hall–Kier alpha value is -6.78. The Labute approximate surface area is 499 Å². The van der Waals surface area contributed by atoms with Gasteiger partial charge in [0.2, 0.25) is 0 Å². The van der Waals surface area contributed by atoms with Gasteiger partial charge in [-0.25, -0.2) is 0 Å². The third kappa shape index (κ3) is 8.55. The lowest BCUT2D eigenvalue weighted by atomic mass is 9.33. The molecule has 0 N–H and O–H groups in total. The fourth-order valence-electron chi connectivity index (χ4n) is 16.3. The van der Waals surface area contributed by atoms with Gasteiger partial charge in [0.15, 0.2) is 0 Å². The molecule has 8 aromatic rings. The lowest BCUT2D eigenvalue weighted by molar-refractivity contribution is 0.332. The quantitative estimate of drug-likeness (QED) is 0.159. The summed E-state index contributed by atoms with van der Waals surface area (Å²) in [6.07, 6.45) is 3.46. The van der Waals surface area contributed by atoms with Crippen LogP contribution in [0.3, 0.4) is 0 Å². The summed E-state index contributed by atoms with van der Waals surface area (Å²) in [6, 6.07) is 58.6. The molecule has 0 bridgehead atoms. The average molecular weight is 1090 g/mol. The molecule has 0 unspecified atom stereocenters. The first-order valence-corrected chi connectivity index (χ1v) is 31.2. The number of fused-ring (bicyclic) bond motifs is 9. The molecule has 0 fully saturated rings. The summed E-state index contributed by atoms with van der Waals surface area (Å²) in [7, 11) is 0. The molecule has 0 spiro atoms. The van der Waals surface area contributed by atoms with Gasteiger partial charge in [-0.2, -0.15) is 0 Å². The molecule has 83 heavy (non-hydrogen) atoms. The topological polar surface area (TPSA) is 9.72 Å². The van der Waals surface area contributed by atoms with E-state index in [0.717, 1.165) is 23.5 Å². The van der Waals surface area contributed by atoms with E-state index in [2.05, 4.69) is 299 Å². The van der Waals surface area contributed by atoms with Gasteiger partial charge in [-0.05, 0) is 226 Å². The fourth-order valence-corrected chi connectivity index (χ4v) is 16.3. The third-order valence-electron chi connectivity index (χ3n) is 20.7. The highest BCUT2D eigenvalue weighted by Crippen LogP contribution is 2.57. The summed E-state index contributed by atoms with van der Waals surface area (Å²) in [5, 5.41) is 0. The Balaban J connectivity index is 1.14. The van der Waals surface area contributed by atoms with Crippen LogP contribution in [0.15, 0.2) is 146 Å². The molecule has 0 saturated carbocycles. The van der Waals surface area contributed by atoms with Crippen LogP contribution < -0.4 is 31.1 Å². The molecule has 2 aliphatic heterocycles. The summed E-state index contributed by atoms with van der Waals surface area (Å²) in [6.45, 7) is 48.1. The summed E-state index contributed by atoms with van der Waals surface area (Å²) >= 11 is 0. The van der Waals surface area contributed by atoms with Gasteiger partial charge in [-0.15, -0.1) is 0 Å². The van der Waals surface area contributed by atoms with E-state index in [4.69, 9.17) is 0 Å². The number of hydrogen-bond donors (Lipinski definition) is 0. The molecule has 0 radical (unpaired) electrons. The minimum atomic E-state index is -0.162. The number of benzene rings is 8. The van der Waals surface area contributed by atoms with Crippen LogP contribution in [-0.4, -0.2) is 6.71 Å². The van der Waals surface area contributed by atoms with Crippen LogP contribution in [-0.2, 0) is 43.3 Å². The van der Waals surface area contributed by atoms with Crippen molar-refractivity contribution in [1.82, 2.24) is 0 Å². The molecule has 3 nitrogen and oxygen atoms in total. The molecule has 424 valence electrons. The van der Waals surface area contributed by atoms with Gasteiger partial charge >= 0.3 is 0 Å². The van der Waals surface area contributed by atoms with E-state index in [9.17, 15) is 0 Å². The van der Waals surface area contributed by atoms with E-state index in [1.807, 2.05) is 0 Å². The Bertz CT molecular complexity index is 3930. The minimum Gasteiger partial charge on any atom is -0.311 e. The maximum atomic E-state index is 2.71. The van der Waals surface area contributed by atoms with Crippen molar-refractivity contribution in [2.24, 2.45) is 0 Å². The Morgan fingerprint density at radius 1 is 0.410 bits per heavy atom. The normalized spacial score (nSPS) is 18.1. The van der Waals surface area contributed by atoms with Crippen LogP contribution in [0.25, 0.3) is 11.1 Å². The van der Waals surface area contributed by atoms with Crippen LogP contribution >= 0.6 is 0 Å². The first-order valence-electron chi connectivity index (χ1n) is 31.2. The van der Waals surface area contributed by atoms with E-state index < -0.39 is 0 Å². The fraction of sp³-hybridized carbons (Fsp3) is 0.392. The van der Waals surface area contributed by atoms with Gasteiger partial charge in [0, 0.05) is 56.6 Å². The highest BCUT2D eigenvalue weighted by molar-refractivity contribution is 7.00.